The third-order valence-electron chi connectivity index (χ3n) is 4.58. The Balaban J connectivity index is 0.00000156. The molecule has 0 unspecified atom stereocenters. The van der Waals surface area contributed by atoms with Gasteiger partial charge in [-0.3, -0.25) is 14.8 Å². The van der Waals surface area contributed by atoms with Crippen LogP contribution in [0.4, 0.5) is 0 Å². The van der Waals surface area contributed by atoms with E-state index in [0.29, 0.717) is 5.62 Å². The number of methoxy groups -OCH3 is 1. The number of imidazole rings is 1. The van der Waals surface area contributed by atoms with Gasteiger partial charge in [0.25, 0.3) is 0 Å². The van der Waals surface area contributed by atoms with Gasteiger partial charge in [0.15, 0.2) is 0 Å². The predicted octanol–water partition coefficient (Wildman–Crippen LogP) is -1.30. The van der Waals surface area contributed by atoms with Gasteiger partial charge < -0.3 is 31.2 Å². The van der Waals surface area contributed by atoms with Crippen LogP contribution in [-0.2, 0) is 22.6 Å². The summed E-state index contributed by atoms with van der Waals surface area (Å²) in [5.74, 6) is -0.331. The lowest BCUT2D eigenvalue weighted by Gasteiger charge is -2.26. The number of halogens is 1. The molecule has 1 aromatic heterocycles. The van der Waals surface area contributed by atoms with Crippen molar-refractivity contribution in [2.75, 3.05) is 26.7 Å². The van der Waals surface area contributed by atoms with E-state index >= 15 is 0 Å². The first kappa shape index (κ1) is 18.7. The highest BCUT2D eigenvalue weighted by Crippen LogP contribution is 2.14. The van der Waals surface area contributed by atoms with Crippen LogP contribution < -0.4 is 22.6 Å². The van der Waals surface area contributed by atoms with E-state index in [1.807, 2.05) is 28.8 Å². The lowest BCUT2D eigenvalue weighted by molar-refractivity contribution is -0.141. The molecule has 0 radical (unpaired) electrons. The standard InChI is InChI=1S/C17H24N4O2.BrH/c1-23-16(22)13-21-15-8-4-3-7-14(15)20(17(21)18)12-11-19-9-5-2-6-10-19;/h3-4,7-8,18H,2,5-6,9-13H2,1H3;1H. The maximum Gasteiger partial charge on any atom is 1.00 e. The number of piperidine rings is 1. The molecule has 0 spiro atoms. The summed E-state index contributed by atoms with van der Waals surface area (Å²) in [6.07, 6.45) is 3.86. The van der Waals surface area contributed by atoms with Gasteiger partial charge in [-0.15, -0.1) is 0 Å². The number of nitrogens with one attached hydrogen (secondary N) is 1. The fraction of sp³-hybridized carbons (Fsp3) is 0.529. The number of hydrogen-bond acceptors (Lipinski definition) is 4. The molecule has 0 bridgehead atoms. The third-order valence-corrected chi connectivity index (χ3v) is 4.58. The number of likely N-dealkylation sites (tertiary alicyclic amines) is 1. The first-order valence-corrected chi connectivity index (χ1v) is 8.22. The highest BCUT2D eigenvalue weighted by molar-refractivity contribution is 5.78. The molecule has 1 aliphatic heterocycles. The van der Waals surface area contributed by atoms with Crippen LogP contribution in [-0.4, -0.2) is 46.7 Å². The number of esters is 1. The zero-order valence-corrected chi connectivity index (χ0v) is 15.6. The molecule has 0 aliphatic carbocycles. The zero-order chi connectivity index (χ0) is 16.2. The van der Waals surface area contributed by atoms with Crippen molar-refractivity contribution in [3.05, 3.63) is 29.9 Å². The van der Waals surface area contributed by atoms with Gasteiger partial charge in [-0.05, 0) is 38.1 Å². The van der Waals surface area contributed by atoms with Crippen LogP contribution in [0.2, 0.25) is 0 Å². The van der Waals surface area contributed by atoms with E-state index in [-0.39, 0.29) is 30.9 Å². The molecule has 132 valence electrons. The number of nitrogens with zero attached hydrogens (tertiary/aromatic N) is 3. The molecule has 0 saturated carbocycles. The first-order chi connectivity index (χ1) is 11.2. The maximum absolute atomic E-state index is 11.6. The topological polar surface area (TPSA) is 63.2 Å². The minimum atomic E-state index is -0.331. The van der Waals surface area contributed by atoms with Crippen LogP contribution in [0, 0.1) is 5.41 Å². The number of benzene rings is 1. The summed E-state index contributed by atoms with van der Waals surface area (Å²) in [5.41, 5.74) is 2.26. The van der Waals surface area contributed by atoms with Gasteiger partial charge in [-0.25, -0.2) is 0 Å². The molecular weight excluding hydrogens is 372 g/mol. The van der Waals surface area contributed by atoms with E-state index in [4.69, 9.17) is 10.1 Å². The Kier molecular flexibility index (Phi) is 6.62. The van der Waals surface area contributed by atoms with Crippen molar-refractivity contribution in [3.63, 3.8) is 0 Å². The fourth-order valence-electron chi connectivity index (χ4n) is 3.30. The predicted molar refractivity (Wildman–Crippen MR) is 89.2 cm³/mol. The zero-order valence-electron chi connectivity index (χ0n) is 15.0. The number of carbonyl (C=O) groups excluding carboxylic acids is 1. The van der Waals surface area contributed by atoms with E-state index < -0.39 is 0 Å². The third kappa shape index (κ3) is 3.89. The van der Waals surface area contributed by atoms with Crippen LogP contribution in [0.3, 0.4) is 0 Å². The van der Waals surface area contributed by atoms with Crippen molar-refractivity contribution >= 4 is 17.0 Å². The normalized spacial score (nSPS) is 15.2. The van der Waals surface area contributed by atoms with Crippen molar-refractivity contribution in [3.8, 4) is 0 Å². The van der Waals surface area contributed by atoms with Crippen LogP contribution in [0.5, 0.6) is 0 Å². The van der Waals surface area contributed by atoms with E-state index in [1.165, 1.54) is 26.4 Å². The summed E-state index contributed by atoms with van der Waals surface area (Å²) in [4.78, 5) is 14.1. The summed E-state index contributed by atoms with van der Waals surface area (Å²) in [6, 6.07) is 7.87. The summed E-state index contributed by atoms with van der Waals surface area (Å²) in [6.45, 7) is 4.09. The smallest absolute Gasteiger partial charge is 1.00 e. The van der Waals surface area contributed by atoms with Gasteiger partial charge in [-0.1, -0.05) is 18.6 Å². The first-order valence-electron chi connectivity index (χ1n) is 8.22. The number of hydrogen-bond donors (Lipinski definition) is 1. The van der Waals surface area contributed by atoms with Crippen molar-refractivity contribution in [1.82, 2.24) is 14.0 Å². The summed E-state index contributed by atoms with van der Waals surface area (Å²) in [7, 11) is 1.38. The molecule has 1 saturated heterocycles. The molecule has 1 N–H and O–H groups in total. The Morgan fingerprint density at radius 1 is 1.12 bits per heavy atom. The summed E-state index contributed by atoms with van der Waals surface area (Å²) < 4.78 is 8.47. The molecule has 2 heterocycles. The van der Waals surface area contributed by atoms with Gasteiger partial charge >= 0.3 is 7.40 Å². The molecule has 1 aromatic carbocycles. The number of para-hydroxylation sites is 2. The lowest BCUT2D eigenvalue weighted by Crippen LogP contribution is -3.00. The number of carbonyl (C=O) groups is 1. The second-order valence-electron chi connectivity index (χ2n) is 6.03. The number of ether oxygens (including phenoxy) is 1. The van der Waals surface area contributed by atoms with E-state index in [2.05, 4.69) is 4.90 Å². The lowest BCUT2D eigenvalue weighted by atomic mass is 10.1. The van der Waals surface area contributed by atoms with E-state index in [9.17, 15) is 4.79 Å². The Labute approximate surface area is 153 Å². The minimum absolute atomic E-state index is 0. The van der Waals surface area contributed by atoms with Gasteiger partial charge in [-0.2, -0.15) is 0 Å². The Morgan fingerprint density at radius 3 is 2.38 bits per heavy atom. The van der Waals surface area contributed by atoms with Crippen molar-refractivity contribution < 1.29 is 27.9 Å². The van der Waals surface area contributed by atoms with E-state index in [1.54, 1.807) is 4.57 Å². The van der Waals surface area contributed by atoms with Gasteiger partial charge in [0.1, 0.15) is 6.54 Å². The van der Waals surface area contributed by atoms with Crippen molar-refractivity contribution in [2.24, 2.45) is 0 Å². The molecule has 2 aromatic rings. The second kappa shape index (κ2) is 8.48. The largest absolute Gasteiger partial charge is 1.00 e. The van der Waals surface area contributed by atoms with Gasteiger partial charge in [0, 0.05) is 13.1 Å². The average Bonchev–Trinajstić information content (AvgIpc) is 2.86. The molecule has 1 fully saturated rings. The fourth-order valence-corrected chi connectivity index (χ4v) is 3.30. The molecule has 0 amide bonds. The molecule has 6 nitrogen and oxygen atoms in total. The Hall–Kier alpha value is -1.60. The van der Waals surface area contributed by atoms with Crippen LogP contribution in [0.15, 0.2) is 24.3 Å². The van der Waals surface area contributed by atoms with Gasteiger partial charge in [0.2, 0.25) is 5.62 Å². The maximum atomic E-state index is 11.6. The monoisotopic (exact) mass is 396 g/mol. The van der Waals surface area contributed by atoms with E-state index in [0.717, 1.165) is 37.2 Å². The number of fused-ring (bicyclic) bond motifs is 1. The van der Waals surface area contributed by atoms with Crippen molar-refractivity contribution in [2.45, 2.75) is 32.4 Å². The SMILES string of the molecule is COC(=O)Cn1c(=N)n(CCN2CCCCC2)c2ccccc21.[Br-].[H+]. The molecular formula is C17H25BrN4O2. The molecule has 7 heteroatoms. The van der Waals surface area contributed by atoms with Gasteiger partial charge in [0.05, 0.1) is 18.1 Å². The molecule has 24 heavy (non-hydrogen) atoms. The second-order valence-corrected chi connectivity index (χ2v) is 6.03. The molecule has 3 rings (SSSR count). The Bertz CT molecular complexity index is 753. The average molecular weight is 397 g/mol. The highest BCUT2D eigenvalue weighted by atomic mass is 79.9. The van der Waals surface area contributed by atoms with Crippen molar-refractivity contribution in [1.29, 1.82) is 5.41 Å². The summed E-state index contributed by atoms with van der Waals surface area (Å²) >= 11 is 0. The quantitative estimate of drug-likeness (QED) is 0.638. The molecule has 0 atom stereocenters. The van der Waals surface area contributed by atoms with Crippen LogP contribution in [0.1, 0.15) is 20.7 Å². The molecule has 1 aliphatic rings. The minimum Gasteiger partial charge on any atom is -1.00 e. The van der Waals surface area contributed by atoms with Crippen LogP contribution >= 0.6 is 0 Å². The number of aromatic nitrogens is 2. The number of rotatable bonds is 5. The highest BCUT2D eigenvalue weighted by Gasteiger charge is 2.15. The Morgan fingerprint density at radius 2 is 1.75 bits per heavy atom. The summed E-state index contributed by atoms with van der Waals surface area (Å²) in [5, 5.41) is 8.46. The van der Waals surface area contributed by atoms with Crippen LogP contribution in [0.25, 0.3) is 11.0 Å².